The van der Waals surface area contributed by atoms with E-state index in [1.807, 2.05) is 0 Å². The highest BCUT2D eigenvalue weighted by atomic mass is 35.5. The number of nitrogens with two attached hydrogens (primary N) is 1. The topological polar surface area (TPSA) is 115 Å². The molecule has 0 unspecified atom stereocenters. The predicted octanol–water partition coefficient (Wildman–Crippen LogP) is 1.34. The zero-order chi connectivity index (χ0) is 20.1. The molecule has 0 amide bonds. The highest BCUT2D eigenvalue weighted by Gasteiger charge is 2.49. The summed E-state index contributed by atoms with van der Waals surface area (Å²) in [5.74, 6) is 0.0237. The summed E-state index contributed by atoms with van der Waals surface area (Å²) in [6.45, 7) is 0.0756. The van der Waals surface area contributed by atoms with Gasteiger partial charge in [-0.1, -0.05) is 17.7 Å². The number of benzene rings is 1. The lowest BCUT2D eigenvalue weighted by atomic mass is 9.92. The molecular weight excluding hydrogens is 404 g/mol. The first kappa shape index (κ1) is 18.7. The first-order chi connectivity index (χ1) is 13.2. The van der Waals surface area contributed by atoms with Gasteiger partial charge in [-0.05, 0) is 29.8 Å². The van der Waals surface area contributed by atoms with Gasteiger partial charge in [-0.2, -0.15) is 0 Å². The largest absolute Gasteiger partial charge is 0.490 e. The maximum absolute atomic E-state index is 12.5. The Morgan fingerprint density at radius 3 is 2.82 bits per heavy atom. The van der Waals surface area contributed by atoms with Gasteiger partial charge in [-0.15, -0.1) is 0 Å². The molecule has 2 N–H and O–H groups in total. The van der Waals surface area contributed by atoms with Crippen molar-refractivity contribution in [2.75, 3.05) is 19.4 Å². The van der Waals surface area contributed by atoms with Crippen molar-refractivity contribution in [3.63, 3.8) is 0 Å². The molecule has 0 aliphatic carbocycles. The lowest BCUT2D eigenvalue weighted by molar-refractivity contribution is 0.0988. The molecule has 2 aliphatic heterocycles. The average Bonchev–Trinajstić information content (AvgIpc) is 2.97. The van der Waals surface area contributed by atoms with Gasteiger partial charge in [0.2, 0.25) is 16.0 Å². The number of carbonyl (C=O) groups excluding carboxylic acids is 1. The monoisotopic (exact) mass is 420 g/mol. The molecule has 0 saturated heterocycles. The second-order valence-electron chi connectivity index (χ2n) is 6.81. The van der Waals surface area contributed by atoms with Crippen LogP contribution in [0.5, 0.6) is 5.75 Å². The summed E-state index contributed by atoms with van der Waals surface area (Å²) < 4.78 is 31.6. The summed E-state index contributed by atoms with van der Waals surface area (Å²) in [6, 6.07) is 8.42. The number of hydrogen-bond donors (Lipinski definition) is 1. The number of fused-ring (bicyclic) bond motifs is 2. The van der Waals surface area contributed by atoms with E-state index >= 15 is 0 Å². The van der Waals surface area contributed by atoms with E-state index in [-0.39, 0.29) is 30.5 Å². The van der Waals surface area contributed by atoms with Gasteiger partial charge in [0.15, 0.2) is 5.78 Å². The highest BCUT2D eigenvalue weighted by molar-refractivity contribution is 7.89. The third-order valence-corrected chi connectivity index (χ3v) is 6.97. The lowest BCUT2D eigenvalue weighted by Crippen LogP contribution is -2.52. The molecule has 0 fully saturated rings. The number of carbonyl (C=O) groups is 1. The van der Waals surface area contributed by atoms with Gasteiger partial charge in [-0.25, -0.2) is 17.7 Å². The number of Topliss-reactive ketones (excluding diaryl/α,β-unsaturated/α-hetero) is 1. The zero-order valence-corrected chi connectivity index (χ0v) is 16.5. The first-order valence-electron chi connectivity index (χ1n) is 8.43. The van der Waals surface area contributed by atoms with Crippen molar-refractivity contribution >= 4 is 33.4 Å². The van der Waals surface area contributed by atoms with Gasteiger partial charge in [0, 0.05) is 25.2 Å². The number of pyridine rings is 1. The van der Waals surface area contributed by atoms with Gasteiger partial charge in [0.25, 0.3) is 0 Å². The third-order valence-electron chi connectivity index (χ3n) is 4.88. The van der Waals surface area contributed by atoms with Crippen LogP contribution in [0.25, 0.3) is 0 Å². The van der Waals surface area contributed by atoms with Gasteiger partial charge in [0.1, 0.15) is 29.3 Å². The van der Waals surface area contributed by atoms with Gasteiger partial charge < -0.3 is 10.5 Å². The van der Waals surface area contributed by atoms with E-state index in [2.05, 4.69) is 9.98 Å². The molecule has 3 heterocycles. The molecule has 1 spiro atoms. The minimum Gasteiger partial charge on any atom is -0.490 e. The SMILES string of the molecule is CN1C(N)=N[C@@]2(COc3ccc(CC(=O)c4ccc(Cl)cn4)cc32)CS1(=O)=O. The molecule has 10 heteroatoms. The number of guanidine groups is 1. The standard InChI is InChI=1S/C18H17ClN4O4S/c1-23-17(20)22-18(10-28(23,25)26)9-27-16-5-2-11(6-13(16)18)7-15(24)14-4-3-12(19)8-21-14/h2-6,8H,7,9-10H2,1H3,(H2,20,22)/t18-/m0/s1. The van der Waals surface area contributed by atoms with Crippen molar-refractivity contribution in [3.8, 4) is 5.75 Å². The Kier molecular flexibility index (Phi) is 4.31. The molecule has 1 aromatic carbocycles. The summed E-state index contributed by atoms with van der Waals surface area (Å²) in [4.78, 5) is 21.0. The summed E-state index contributed by atoms with van der Waals surface area (Å²) in [5.41, 5.74) is 6.35. The average molecular weight is 421 g/mol. The molecule has 8 nitrogen and oxygen atoms in total. The maximum Gasteiger partial charge on any atom is 0.240 e. The fourth-order valence-electron chi connectivity index (χ4n) is 3.34. The van der Waals surface area contributed by atoms with Crippen LogP contribution >= 0.6 is 11.6 Å². The van der Waals surface area contributed by atoms with Crippen LogP contribution in [0.4, 0.5) is 0 Å². The minimum absolute atomic E-state index is 0.0756. The molecule has 28 heavy (non-hydrogen) atoms. The quantitative estimate of drug-likeness (QED) is 0.749. The van der Waals surface area contributed by atoms with Gasteiger partial charge in [-0.3, -0.25) is 9.78 Å². The van der Waals surface area contributed by atoms with Crippen molar-refractivity contribution in [1.82, 2.24) is 9.29 Å². The molecular formula is C18H17ClN4O4S. The first-order valence-corrected chi connectivity index (χ1v) is 10.4. The van der Waals surface area contributed by atoms with Crippen LogP contribution in [0.2, 0.25) is 5.02 Å². The Balaban J connectivity index is 1.68. The van der Waals surface area contributed by atoms with E-state index in [4.69, 9.17) is 22.1 Å². The number of hydrogen-bond acceptors (Lipinski definition) is 7. The number of ether oxygens (including phenoxy) is 1. The van der Waals surface area contributed by atoms with Crippen LogP contribution in [-0.4, -0.2) is 48.9 Å². The van der Waals surface area contributed by atoms with Gasteiger partial charge in [0.05, 0.1) is 5.02 Å². The van der Waals surface area contributed by atoms with Crippen LogP contribution in [0.15, 0.2) is 41.5 Å². The molecule has 2 aromatic rings. The van der Waals surface area contributed by atoms with E-state index in [9.17, 15) is 13.2 Å². The summed E-state index contributed by atoms with van der Waals surface area (Å²) >= 11 is 5.81. The molecule has 4 rings (SSSR count). The summed E-state index contributed by atoms with van der Waals surface area (Å²) in [7, 11) is -2.25. The number of sulfonamides is 1. The Morgan fingerprint density at radius 1 is 1.36 bits per heavy atom. The Labute approximate surface area is 167 Å². The van der Waals surface area contributed by atoms with Crippen molar-refractivity contribution in [3.05, 3.63) is 58.4 Å². The van der Waals surface area contributed by atoms with E-state index < -0.39 is 15.6 Å². The molecule has 1 aromatic heterocycles. The number of aromatic nitrogens is 1. The summed E-state index contributed by atoms with van der Waals surface area (Å²) in [6.07, 6.45) is 1.52. The van der Waals surface area contributed by atoms with E-state index in [0.29, 0.717) is 27.6 Å². The van der Waals surface area contributed by atoms with Crippen LogP contribution in [-0.2, 0) is 22.0 Å². The second-order valence-corrected chi connectivity index (χ2v) is 9.24. The van der Waals surface area contributed by atoms with Crippen LogP contribution in [0, 0.1) is 0 Å². The van der Waals surface area contributed by atoms with E-state index in [1.165, 1.54) is 13.2 Å². The lowest BCUT2D eigenvalue weighted by Gasteiger charge is -2.33. The fourth-order valence-corrected chi connectivity index (χ4v) is 4.88. The Morgan fingerprint density at radius 2 is 2.14 bits per heavy atom. The number of ketones is 1. The molecule has 1 atom stereocenters. The molecule has 0 bridgehead atoms. The van der Waals surface area contributed by atoms with Crippen LogP contribution in [0.3, 0.4) is 0 Å². The third kappa shape index (κ3) is 3.10. The Hall–Kier alpha value is -2.65. The molecule has 146 valence electrons. The highest BCUT2D eigenvalue weighted by Crippen LogP contribution is 2.43. The second kappa shape index (κ2) is 6.46. The molecule has 0 saturated carbocycles. The van der Waals surface area contributed by atoms with Gasteiger partial charge >= 0.3 is 0 Å². The predicted molar refractivity (Wildman–Crippen MR) is 104 cm³/mol. The van der Waals surface area contributed by atoms with Crippen molar-refractivity contribution in [2.24, 2.45) is 10.7 Å². The summed E-state index contributed by atoms with van der Waals surface area (Å²) in [5, 5.41) is 0.451. The van der Waals surface area contributed by atoms with Crippen molar-refractivity contribution < 1.29 is 17.9 Å². The fraction of sp³-hybridized carbons (Fsp3) is 0.278. The van der Waals surface area contributed by atoms with Crippen LogP contribution < -0.4 is 10.5 Å². The Bertz CT molecular complexity index is 1100. The smallest absolute Gasteiger partial charge is 0.240 e. The number of rotatable bonds is 3. The number of aliphatic imine (C=N–C) groups is 1. The number of halogens is 1. The van der Waals surface area contributed by atoms with Crippen molar-refractivity contribution in [1.29, 1.82) is 0 Å². The maximum atomic E-state index is 12.5. The van der Waals surface area contributed by atoms with E-state index in [0.717, 1.165) is 4.31 Å². The number of nitrogens with zero attached hydrogens (tertiary/aromatic N) is 3. The minimum atomic E-state index is -3.62. The molecule has 2 aliphatic rings. The van der Waals surface area contributed by atoms with Crippen LogP contribution in [0.1, 0.15) is 21.6 Å². The van der Waals surface area contributed by atoms with E-state index in [1.54, 1.807) is 30.3 Å². The van der Waals surface area contributed by atoms with Crippen molar-refractivity contribution in [2.45, 2.75) is 12.0 Å². The normalized spacial score (nSPS) is 22.5. The zero-order valence-electron chi connectivity index (χ0n) is 14.9. The molecule has 0 radical (unpaired) electrons.